The fraction of sp³-hybridized carbons (Fsp3) is 0.125. The van der Waals surface area contributed by atoms with Gasteiger partial charge in [0.05, 0.1) is 5.69 Å². The van der Waals surface area contributed by atoms with Crippen molar-refractivity contribution in [3.63, 3.8) is 0 Å². The van der Waals surface area contributed by atoms with E-state index in [1.807, 2.05) is 72.2 Å². The van der Waals surface area contributed by atoms with E-state index < -0.39 is 0 Å². The molecule has 1 aromatic carbocycles. The van der Waals surface area contributed by atoms with E-state index in [-0.39, 0.29) is 5.91 Å². The first kappa shape index (κ1) is 13.2. The van der Waals surface area contributed by atoms with Crippen molar-refractivity contribution in [3.8, 4) is 0 Å². The average molecular weight is 280 g/mol. The Kier molecular flexibility index (Phi) is 3.31. The van der Waals surface area contributed by atoms with Gasteiger partial charge in [0, 0.05) is 43.9 Å². The van der Waals surface area contributed by atoms with Crippen LogP contribution >= 0.6 is 0 Å². The number of aromatic nitrogens is 2. The van der Waals surface area contributed by atoms with Gasteiger partial charge in [-0.2, -0.15) is 0 Å². The van der Waals surface area contributed by atoms with E-state index in [9.17, 15) is 4.79 Å². The molecule has 2 heterocycles. The lowest BCUT2D eigenvalue weighted by atomic mass is 10.2. The first-order chi connectivity index (χ1) is 10.1. The average Bonchev–Trinajstić information content (AvgIpc) is 2.97. The van der Waals surface area contributed by atoms with Crippen molar-refractivity contribution in [1.29, 1.82) is 0 Å². The van der Waals surface area contributed by atoms with Crippen LogP contribution in [-0.2, 0) is 0 Å². The lowest BCUT2D eigenvalue weighted by Gasteiger charge is -2.12. The maximum Gasteiger partial charge on any atom is 0.255 e. The van der Waals surface area contributed by atoms with E-state index in [2.05, 4.69) is 10.3 Å². The second-order valence-corrected chi connectivity index (χ2v) is 4.98. The first-order valence-corrected chi connectivity index (χ1v) is 6.65. The van der Waals surface area contributed by atoms with E-state index in [0.717, 1.165) is 11.3 Å². The number of pyridine rings is 1. The van der Waals surface area contributed by atoms with Crippen LogP contribution in [0.25, 0.3) is 5.65 Å². The van der Waals surface area contributed by atoms with Crippen LogP contribution in [0.5, 0.6) is 0 Å². The number of hydrogen-bond donors (Lipinski definition) is 1. The predicted octanol–water partition coefficient (Wildman–Crippen LogP) is 2.65. The summed E-state index contributed by atoms with van der Waals surface area (Å²) in [7, 11) is 3.93. The fourth-order valence-electron chi connectivity index (χ4n) is 2.15. The van der Waals surface area contributed by atoms with Crippen LogP contribution in [-0.4, -0.2) is 29.4 Å². The molecule has 0 saturated heterocycles. The van der Waals surface area contributed by atoms with Gasteiger partial charge < -0.3 is 14.6 Å². The summed E-state index contributed by atoms with van der Waals surface area (Å²) in [5.74, 6) is -0.142. The minimum Gasteiger partial charge on any atom is -0.378 e. The SMILES string of the molecule is CN(C)c1ccc(C(=O)Nc2cccn3ccnc23)cc1. The summed E-state index contributed by atoms with van der Waals surface area (Å²) in [6, 6.07) is 11.2. The van der Waals surface area contributed by atoms with Gasteiger partial charge in [0.1, 0.15) is 0 Å². The smallest absolute Gasteiger partial charge is 0.255 e. The molecule has 0 aliphatic rings. The molecular weight excluding hydrogens is 264 g/mol. The predicted molar refractivity (Wildman–Crippen MR) is 83.9 cm³/mol. The van der Waals surface area contributed by atoms with Gasteiger partial charge in [0.15, 0.2) is 5.65 Å². The maximum atomic E-state index is 12.3. The van der Waals surface area contributed by atoms with E-state index in [4.69, 9.17) is 0 Å². The maximum absolute atomic E-state index is 12.3. The fourth-order valence-corrected chi connectivity index (χ4v) is 2.15. The number of amides is 1. The summed E-state index contributed by atoms with van der Waals surface area (Å²) < 4.78 is 1.87. The Morgan fingerprint density at radius 2 is 1.90 bits per heavy atom. The number of fused-ring (bicyclic) bond motifs is 1. The van der Waals surface area contributed by atoms with Crippen LogP contribution in [0, 0.1) is 0 Å². The summed E-state index contributed by atoms with van der Waals surface area (Å²) in [4.78, 5) is 18.5. The van der Waals surface area contributed by atoms with Gasteiger partial charge >= 0.3 is 0 Å². The van der Waals surface area contributed by atoms with Crippen LogP contribution in [0.3, 0.4) is 0 Å². The lowest BCUT2D eigenvalue weighted by molar-refractivity contribution is 0.102. The summed E-state index contributed by atoms with van der Waals surface area (Å²) in [6.45, 7) is 0. The Morgan fingerprint density at radius 1 is 1.14 bits per heavy atom. The largest absolute Gasteiger partial charge is 0.378 e. The molecule has 21 heavy (non-hydrogen) atoms. The van der Waals surface area contributed by atoms with Crippen molar-refractivity contribution in [2.45, 2.75) is 0 Å². The third-order valence-corrected chi connectivity index (χ3v) is 3.31. The number of benzene rings is 1. The lowest BCUT2D eigenvalue weighted by Crippen LogP contribution is -2.13. The topological polar surface area (TPSA) is 49.6 Å². The molecule has 5 nitrogen and oxygen atoms in total. The Labute approximate surface area is 122 Å². The monoisotopic (exact) mass is 280 g/mol. The summed E-state index contributed by atoms with van der Waals surface area (Å²) >= 11 is 0. The highest BCUT2D eigenvalue weighted by molar-refractivity contribution is 6.06. The van der Waals surface area contributed by atoms with Crippen molar-refractivity contribution in [2.24, 2.45) is 0 Å². The standard InChI is InChI=1S/C16H16N4O/c1-19(2)13-7-5-12(6-8-13)16(21)18-14-4-3-10-20-11-9-17-15(14)20/h3-11H,1-2H3,(H,18,21). The molecule has 5 heteroatoms. The molecule has 0 spiro atoms. The van der Waals surface area contributed by atoms with Crippen LogP contribution in [0.2, 0.25) is 0 Å². The number of rotatable bonds is 3. The minimum atomic E-state index is -0.142. The zero-order chi connectivity index (χ0) is 14.8. The number of anilines is 2. The van der Waals surface area contributed by atoms with Crippen molar-refractivity contribution in [2.75, 3.05) is 24.3 Å². The second kappa shape index (κ2) is 5.28. The van der Waals surface area contributed by atoms with Gasteiger partial charge in [-0.25, -0.2) is 4.98 Å². The molecule has 1 amide bonds. The van der Waals surface area contributed by atoms with Crippen molar-refractivity contribution in [1.82, 2.24) is 9.38 Å². The molecule has 0 aliphatic carbocycles. The molecule has 0 unspecified atom stereocenters. The van der Waals surface area contributed by atoms with Gasteiger partial charge in [-0.1, -0.05) is 0 Å². The molecule has 0 radical (unpaired) electrons. The van der Waals surface area contributed by atoms with Gasteiger partial charge in [0.2, 0.25) is 0 Å². The van der Waals surface area contributed by atoms with E-state index in [0.29, 0.717) is 11.3 Å². The summed E-state index contributed by atoms with van der Waals surface area (Å²) in [5.41, 5.74) is 3.11. The van der Waals surface area contributed by atoms with E-state index in [1.165, 1.54) is 0 Å². The van der Waals surface area contributed by atoms with Crippen molar-refractivity contribution < 1.29 is 4.79 Å². The second-order valence-electron chi connectivity index (χ2n) is 4.98. The molecule has 0 aliphatic heterocycles. The van der Waals surface area contributed by atoms with Gasteiger partial charge in [0.25, 0.3) is 5.91 Å². The number of imidazole rings is 1. The number of nitrogens with zero attached hydrogens (tertiary/aromatic N) is 3. The molecule has 0 bridgehead atoms. The number of carbonyl (C=O) groups excluding carboxylic acids is 1. The summed E-state index contributed by atoms with van der Waals surface area (Å²) in [5, 5.41) is 2.90. The van der Waals surface area contributed by atoms with Gasteiger partial charge in [-0.15, -0.1) is 0 Å². The number of hydrogen-bond acceptors (Lipinski definition) is 3. The summed E-state index contributed by atoms with van der Waals surface area (Å²) in [6.07, 6.45) is 5.44. The third kappa shape index (κ3) is 2.58. The Morgan fingerprint density at radius 3 is 2.62 bits per heavy atom. The zero-order valence-electron chi connectivity index (χ0n) is 11.9. The Balaban J connectivity index is 1.84. The van der Waals surface area contributed by atoms with Crippen LogP contribution in [0.4, 0.5) is 11.4 Å². The molecular formula is C16H16N4O. The highest BCUT2D eigenvalue weighted by Gasteiger charge is 2.09. The van der Waals surface area contributed by atoms with E-state index >= 15 is 0 Å². The highest BCUT2D eigenvalue weighted by Crippen LogP contribution is 2.17. The minimum absolute atomic E-state index is 0.142. The highest BCUT2D eigenvalue weighted by atomic mass is 16.1. The quantitative estimate of drug-likeness (QED) is 0.802. The van der Waals surface area contributed by atoms with Crippen molar-refractivity contribution >= 4 is 22.9 Å². The molecule has 0 fully saturated rings. The van der Waals surface area contributed by atoms with Gasteiger partial charge in [-0.3, -0.25) is 4.79 Å². The first-order valence-electron chi connectivity index (χ1n) is 6.65. The molecule has 3 rings (SSSR count). The van der Waals surface area contributed by atoms with Crippen LogP contribution in [0.15, 0.2) is 55.0 Å². The molecule has 3 aromatic rings. The number of nitrogens with one attached hydrogen (secondary N) is 1. The van der Waals surface area contributed by atoms with Crippen molar-refractivity contribution in [3.05, 3.63) is 60.6 Å². The van der Waals surface area contributed by atoms with Crippen LogP contribution < -0.4 is 10.2 Å². The third-order valence-electron chi connectivity index (χ3n) is 3.31. The van der Waals surface area contributed by atoms with E-state index in [1.54, 1.807) is 6.20 Å². The Bertz CT molecular complexity index is 774. The molecule has 0 atom stereocenters. The van der Waals surface area contributed by atoms with Crippen LogP contribution in [0.1, 0.15) is 10.4 Å². The number of carbonyl (C=O) groups is 1. The molecule has 2 aromatic heterocycles. The Hall–Kier alpha value is -2.82. The van der Waals surface area contributed by atoms with Gasteiger partial charge in [-0.05, 0) is 36.4 Å². The zero-order valence-corrected chi connectivity index (χ0v) is 11.9. The molecule has 1 N–H and O–H groups in total. The normalized spacial score (nSPS) is 10.6. The molecule has 106 valence electrons. The molecule has 0 saturated carbocycles.